The average molecular weight is 534 g/mol. The SMILES string of the molecule is CC[C@@H](CO)N1C(=O)[C@@H]2[C@H]3C(=O)N(c4ccccc4)CC=C[C@@]3(C)O[C@@]23C=CCN(C2CCCCC2)C(=O)C13. The smallest absolute Gasteiger partial charge is 0.249 e. The number of aliphatic hydroxyl groups is 1. The van der Waals surface area contributed by atoms with Crippen LogP contribution in [0, 0.1) is 11.8 Å². The zero-order valence-corrected chi connectivity index (χ0v) is 22.9. The van der Waals surface area contributed by atoms with Crippen molar-refractivity contribution in [3.63, 3.8) is 0 Å². The van der Waals surface area contributed by atoms with Gasteiger partial charge in [-0.25, -0.2) is 0 Å². The van der Waals surface area contributed by atoms with Gasteiger partial charge in [-0.2, -0.15) is 0 Å². The summed E-state index contributed by atoms with van der Waals surface area (Å²) >= 11 is 0. The number of hydrogen-bond acceptors (Lipinski definition) is 5. The van der Waals surface area contributed by atoms with Gasteiger partial charge in [0.2, 0.25) is 17.7 Å². The molecule has 1 saturated carbocycles. The molecule has 6 atom stereocenters. The van der Waals surface area contributed by atoms with E-state index in [0.717, 1.165) is 31.4 Å². The summed E-state index contributed by atoms with van der Waals surface area (Å²) in [6, 6.07) is 8.12. The van der Waals surface area contributed by atoms with Crippen LogP contribution < -0.4 is 4.90 Å². The Morgan fingerprint density at radius 3 is 2.36 bits per heavy atom. The number of rotatable bonds is 5. The Hall–Kier alpha value is -2.97. The first-order valence-corrected chi connectivity index (χ1v) is 14.5. The molecule has 5 aliphatic rings. The molecule has 208 valence electrons. The molecule has 6 rings (SSSR count). The quantitative estimate of drug-likeness (QED) is 0.588. The van der Waals surface area contributed by atoms with Crippen LogP contribution in [-0.4, -0.2) is 81.7 Å². The molecule has 1 aromatic rings. The van der Waals surface area contributed by atoms with Crippen molar-refractivity contribution in [1.29, 1.82) is 0 Å². The molecule has 0 aromatic heterocycles. The van der Waals surface area contributed by atoms with E-state index in [9.17, 15) is 19.5 Å². The molecule has 1 spiro atoms. The summed E-state index contributed by atoms with van der Waals surface area (Å²) < 4.78 is 6.92. The topological polar surface area (TPSA) is 90.4 Å². The second-order valence-corrected chi connectivity index (χ2v) is 11.9. The number of likely N-dealkylation sites (tertiary alicyclic amines) is 1. The first-order chi connectivity index (χ1) is 18.9. The Bertz CT molecular complexity index is 1190. The van der Waals surface area contributed by atoms with Crippen molar-refractivity contribution in [2.24, 2.45) is 11.8 Å². The number of fused-ring (bicyclic) bond motifs is 2. The molecule has 4 heterocycles. The molecule has 0 radical (unpaired) electrons. The molecule has 2 saturated heterocycles. The molecule has 1 aromatic carbocycles. The molecular weight excluding hydrogens is 494 g/mol. The fraction of sp³-hybridized carbons (Fsp3) is 0.581. The van der Waals surface area contributed by atoms with Crippen molar-refractivity contribution in [1.82, 2.24) is 9.80 Å². The van der Waals surface area contributed by atoms with Gasteiger partial charge in [-0.1, -0.05) is 68.7 Å². The number of aliphatic hydroxyl groups excluding tert-OH is 1. The fourth-order valence-electron chi connectivity index (χ4n) is 7.85. The van der Waals surface area contributed by atoms with Gasteiger partial charge in [-0.3, -0.25) is 14.4 Å². The monoisotopic (exact) mass is 533 g/mol. The molecule has 8 heteroatoms. The number of carbonyl (C=O) groups excluding carboxylic acids is 3. The maximum absolute atomic E-state index is 14.5. The third-order valence-corrected chi connectivity index (χ3v) is 9.68. The number of hydrogen-bond donors (Lipinski definition) is 1. The van der Waals surface area contributed by atoms with E-state index in [2.05, 4.69) is 0 Å². The highest BCUT2D eigenvalue weighted by atomic mass is 16.5. The molecular formula is C31H39N3O5. The Morgan fingerprint density at radius 1 is 0.949 bits per heavy atom. The summed E-state index contributed by atoms with van der Waals surface area (Å²) in [5.74, 6) is -2.29. The van der Waals surface area contributed by atoms with Crippen LogP contribution in [0.1, 0.15) is 52.4 Å². The predicted octanol–water partition coefficient (Wildman–Crippen LogP) is 3.06. The Labute approximate surface area is 230 Å². The van der Waals surface area contributed by atoms with Crippen LogP contribution >= 0.6 is 0 Å². The van der Waals surface area contributed by atoms with E-state index in [1.165, 1.54) is 6.42 Å². The number of para-hydroxylation sites is 1. The molecule has 3 fully saturated rings. The maximum atomic E-state index is 14.5. The van der Waals surface area contributed by atoms with Crippen LogP contribution in [0.5, 0.6) is 0 Å². The third-order valence-electron chi connectivity index (χ3n) is 9.68. The van der Waals surface area contributed by atoms with Crippen LogP contribution in [0.3, 0.4) is 0 Å². The molecule has 8 nitrogen and oxygen atoms in total. The molecule has 4 aliphatic heterocycles. The molecule has 39 heavy (non-hydrogen) atoms. The Kier molecular flexibility index (Phi) is 6.66. The highest BCUT2D eigenvalue weighted by molar-refractivity contribution is 6.04. The highest BCUT2D eigenvalue weighted by Crippen LogP contribution is 2.58. The lowest BCUT2D eigenvalue weighted by atomic mass is 9.74. The van der Waals surface area contributed by atoms with E-state index in [4.69, 9.17) is 4.74 Å². The zero-order valence-electron chi connectivity index (χ0n) is 22.9. The minimum Gasteiger partial charge on any atom is -0.394 e. The average Bonchev–Trinajstić information content (AvgIpc) is 3.22. The molecule has 1 unspecified atom stereocenters. The van der Waals surface area contributed by atoms with E-state index in [-0.39, 0.29) is 30.4 Å². The number of ether oxygens (including phenoxy) is 1. The van der Waals surface area contributed by atoms with Crippen molar-refractivity contribution in [3.05, 3.63) is 54.6 Å². The minimum absolute atomic E-state index is 0.119. The number of nitrogens with zero attached hydrogens (tertiary/aromatic N) is 3. The summed E-state index contributed by atoms with van der Waals surface area (Å²) in [4.78, 5) is 48.6. The van der Waals surface area contributed by atoms with Gasteiger partial charge in [0.05, 0.1) is 30.1 Å². The molecule has 0 bridgehead atoms. The van der Waals surface area contributed by atoms with E-state index in [0.29, 0.717) is 19.5 Å². The third kappa shape index (κ3) is 3.90. The van der Waals surface area contributed by atoms with Crippen molar-refractivity contribution >= 4 is 23.4 Å². The summed E-state index contributed by atoms with van der Waals surface area (Å²) in [5.41, 5.74) is -1.59. The number of anilines is 1. The van der Waals surface area contributed by atoms with Crippen molar-refractivity contribution in [3.8, 4) is 0 Å². The summed E-state index contributed by atoms with van der Waals surface area (Å²) in [7, 11) is 0. The molecule has 3 amide bonds. The van der Waals surface area contributed by atoms with E-state index >= 15 is 0 Å². The van der Waals surface area contributed by atoms with E-state index in [1.54, 1.807) is 9.80 Å². The highest BCUT2D eigenvalue weighted by Gasteiger charge is 2.75. The lowest BCUT2D eigenvalue weighted by molar-refractivity contribution is -0.156. The summed E-state index contributed by atoms with van der Waals surface area (Å²) in [5, 5.41) is 10.3. The second-order valence-electron chi connectivity index (χ2n) is 11.9. The van der Waals surface area contributed by atoms with Crippen molar-refractivity contribution in [2.45, 2.75) is 81.7 Å². The predicted molar refractivity (Wildman–Crippen MR) is 147 cm³/mol. The standard InChI is InChI=1S/C31H39N3O5/c1-3-21(20-35)34-26-29(38)33(23-14-8-5-9-15-23)19-11-17-31(26)25(28(34)37)24-27(36)32(22-12-6-4-7-13-22)18-10-16-30(24,2)39-31/h4,6-7,10-13,16-17,21,23-26,35H,3,5,8-9,14-15,18-20H2,1-2H3/t21-,24-,25-,26?,30+,31-/m0/s1. The zero-order chi connectivity index (χ0) is 27.4. The van der Waals surface area contributed by atoms with E-state index in [1.807, 2.05) is 73.4 Å². The van der Waals surface area contributed by atoms with E-state index < -0.39 is 35.1 Å². The fourth-order valence-corrected chi connectivity index (χ4v) is 7.85. The van der Waals surface area contributed by atoms with Gasteiger partial charge in [0.15, 0.2) is 0 Å². The van der Waals surface area contributed by atoms with Crippen molar-refractivity contribution < 1.29 is 24.2 Å². The van der Waals surface area contributed by atoms with Crippen LogP contribution in [0.2, 0.25) is 0 Å². The second kappa shape index (κ2) is 9.89. The van der Waals surface area contributed by atoms with Crippen LogP contribution in [0.15, 0.2) is 54.6 Å². The van der Waals surface area contributed by atoms with Gasteiger partial charge in [-0.15, -0.1) is 0 Å². The molecule has 1 aliphatic carbocycles. The van der Waals surface area contributed by atoms with Crippen molar-refractivity contribution in [2.75, 3.05) is 24.6 Å². The van der Waals surface area contributed by atoms with Gasteiger partial charge >= 0.3 is 0 Å². The van der Waals surface area contributed by atoms with Crippen LogP contribution in [0.4, 0.5) is 5.69 Å². The van der Waals surface area contributed by atoms with Gasteiger partial charge < -0.3 is 24.5 Å². The largest absolute Gasteiger partial charge is 0.394 e. The summed E-state index contributed by atoms with van der Waals surface area (Å²) in [6.07, 6.45) is 13.4. The Balaban J connectivity index is 1.47. The molecule has 1 N–H and O–H groups in total. The summed E-state index contributed by atoms with van der Waals surface area (Å²) in [6.45, 7) is 4.35. The van der Waals surface area contributed by atoms with Gasteiger partial charge in [-0.05, 0) is 38.3 Å². The van der Waals surface area contributed by atoms with Crippen LogP contribution in [-0.2, 0) is 19.1 Å². The maximum Gasteiger partial charge on any atom is 0.249 e. The lowest BCUT2D eigenvalue weighted by Crippen LogP contribution is -2.60. The first kappa shape index (κ1) is 26.3. The first-order valence-electron chi connectivity index (χ1n) is 14.5. The van der Waals surface area contributed by atoms with Gasteiger partial charge in [0.1, 0.15) is 11.6 Å². The number of carbonyl (C=O) groups is 3. The lowest BCUT2D eigenvalue weighted by Gasteiger charge is -2.42. The van der Waals surface area contributed by atoms with Gasteiger partial charge in [0.25, 0.3) is 0 Å². The Morgan fingerprint density at radius 2 is 1.67 bits per heavy atom. The normalized spacial score (nSPS) is 35.5. The van der Waals surface area contributed by atoms with Crippen LogP contribution in [0.25, 0.3) is 0 Å². The van der Waals surface area contributed by atoms with Gasteiger partial charge in [0, 0.05) is 24.8 Å². The minimum atomic E-state index is -1.29. The number of amides is 3. The number of benzene rings is 1.